The Bertz CT molecular complexity index is 529. The molecule has 5 nitrogen and oxygen atoms in total. The van der Waals surface area contributed by atoms with E-state index in [1.807, 2.05) is 6.07 Å². The molecule has 1 aliphatic heterocycles. The molecule has 2 atom stereocenters. The van der Waals surface area contributed by atoms with Gasteiger partial charge in [0.15, 0.2) is 11.5 Å². The van der Waals surface area contributed by atoms with E-state index < -0.39 is 0 Å². The van der Waals surface area contributed by atoms with Gasteiger partial charge in [0.2, 0.25) is 0 Å². The first-order valence-corrected chi connectivity index (χ1v) is 9.18. The molecule has 3 rings (SSSR count). The molecule has 1 aromatic carbocycles. The second-order valence-corrected chi connectivity index (χ2v) is 7.12. The van der Waals surface area contributed by atoms with Crippen LogP contribution in [0.1, 0.15) is 44.1 Å². The van der Waals surface area contributed by atoms with E-state index >= 15 is 0 Å². The van der Waals surface area contributed by atoms with Crippen LogP contribution in [0.5, 0.6) is 11.5 Å². The molecular formula is C19H30N2O3. The molecule has 2 fully saturated rings. The Kier molecular flexibility index (Phi) is 5.98. The SMILES string of the molecule is COc1ccc(CNC2CCN(C3CCCCC3O)CC2)cc1O. The van der Waals surface area contributed by atoms with Gasteiger partial charge < -0.3 is 20.3 Å². The van der Waals surface area contributed by atoms with Gasteiger partial charge in [0.25, 0.3) is 0 Å². The highest BCUT2D eigenvalue weighted by Crippen LogP contribution is 2.27. The first kappa shape index (κ1) is 17.5. The predicted octanol–water partition coefficient (Wildman–Crippen LogP) is 2.26. The fourth-order valence-electron chi connectivity index (χ4n) is 4.06. The summed E-state index contributed by atoms with van der Waals surface area (Å²) in [5.41, 5.74) is 1.07. The molecule has 0 radical (unpaired) electrons. The molecule has 0 spiro atoms. The number of aliphatic hydroxyl groups excluding tert-OH is 1. The van der Waals surface area contributed by atoms with Crippen LogP contribution in [0.15, 0.2) is 18.2 Å². The highest BCUT2D eigenvalue weighted by atomic mass is 16.5. The third-order valence-electron chi connectivity index (χ3n) is 5.53. The molecule has 1 heterocycles. The van der Waals surface area contributed by atoms with Gasteiger partial charge >= 0.3 is 0 Å². The summed E-state index contributed by atoms with van der Waals surface area (Å²) in [5, 5.41) is 23.7. The van der Waals surface area contributed by atoms with E-state index in [1.54, 1.807) is 19.2 Å². The molecule has 0 aromatic heterocycles. The van der Waals surface area contributed by atoms with Gasteiger partial charge in [0.1, 0.15) is 0 Å². The zero-order valence-corrected chi connectivity index (χ0v) is 14.6. The van der Waals surface area contributed by atoms with Crippen LogP contribution >= 0.6 is 0 Å². The Hall–Kier alpha value is -1.30. The maximum atomic E-state index is 10.2. The van der Waals surface area contributed by atoms with E-state index in [0.29, 0.717) is 17.8 Å². The van der Waals surface area contributed by atoms with Crippen LogP contribution in [0, 0.1) is 0 Å². The largest absolute Gasteiger partial charge is 0.504 e. The number of aliphatic hydroxyl groups is 1. The van der Waals surface area contributed by atoms with Crippen LogP contribution in [0.3, 0.4) is 0 Å². The highest BCUT2D eigenvalue weighted by molar-refractivity contribution is 5.41. The molecule has 1 saturated heterocycles. The smallest absolute Gasteiger partial charge is 0.160 e. The summed E-state index contributed by atoms with van der Waals surface area (Å²) in [4.78, 5) is 2.49. The van der Waals surface area contributed by atoms with Crippen molar-refractivity contribution in [3.05, 3.63) is 23.8 Å². The lowest BCUT2D eigenvalue weighted by molar-refractivity contribution is 0.00714. The number of benzene rings is 1. The van der Waals surface area contributed by atoms with Gasteiger partial charge in [0, 0.05) is 31.7 Å². The number of nitrogens with one attached hydrogen (secondary N) is 1. The Labute approximate surface area is 144 Å². The molecular weight excluding hydrogens is 304 g/mol. The van der Waals surface area contributed by atoms with Crippen molar-refractivity contribution in [3.63, 3.8) is 0 Å². The van der Waals surface area contributed by atoms with E-state index in [2.05, 4.69) is 10.2 Å². The lowest BCUT2D eigenvalue weighted by Gasteiger charge is -2.41. The summed E-state index contributed by atoms with van der Waals surface area (Å²) < 4.78 is 5.08. The Morgan fingerprint density at radius 1 is 1.17 bits per heavy atom. The minimum atomic E-state index is -0.134. The summed E-state index contributed by atoms with van der Waals surface area (Å²) in [5.74, 6) is 0.705. The zero-order chi connectivity index (χ0) is 16.9. The molecule has 3 N–H and O–H groups in total. The van der Waals surface area contributed by atoms with Gasteiger partial charge in [-0.25, -0.2) is 0 Å². The number of aromatic hydroxyl groups is 1. The third kappa shape index (κ3) is 4.21. The van der Waals surface area contributed by atoms with Gasteiger partial charge in [-0.3, -0.25) is 4.90 Å². The summed E-state index contributed by atoms with van der Waals surface area (Å²) in [6, 6.07) is 6.43. The molecule has 1 aliphatic carbocycles. The first-order valence-electron chi connectivity index (χ1n) is 9.18. The topological polar surface area (TPSA) is 65.0 Å². The van der Waals surface area contributed by atoms with Crippen LogP contribution in [-0.2, 0) is 6.54 Å². The predicted molar refractivity (Wildman–Crippen MR) is 94.4 cm³/mol. The fraction of sp³-hybridized carbons (Fsp3) is 0.684. The summed E-state index contributed by atoms with van der Waals surface area (Å²) in [6.07, 6.45) is 6.63. The highest BCUT2D eigenvalue weighted by Gasteiger charge is 2.31. The van der Waals surface area contributed by atoms with Gasteiger partial charge in [-0.1, -0.05) is 18.9 Å². The van der Waals surface area contributed by atoms with E-state index in [9.17, 15) is 10.2 Å². The lowest BCUT2D eigenvalue weighted by atomic mass is 9.89. The minimum Gasteiger partial charge on any atom is -0.504 e. The Morgan fingerprint density at radius 3 is 2.58 bits per heavy atom. The number of phenols is 1. The summed E-state index contributed by atoms with van der Waals surface area (Å²) >= 11 is 0. The molecule has 2 unspecified atom stereocenters. The van der Waals surface area contributed by atoms with Crippen molar-refractivity contribution >= 4 is 0 Å². The molecule has 1 aromatic rings. The van der Waals surface area contributed by atoms with Crippen LogP contribution in [0.2, 0.25) is 0 Å². The lowest BCUT2D eigenvalue weighted by Crippen LogP contribution is -2.51. The minimum absolute atomic E-state index is 0.134. The van der Waals surface area contributed by atoms with E-state index in [0.717, 1.165) is 50.9 Å². The number of ether oxygens (including phenoxy) is 1. The van der Waals surface area contributed by atoms with Crippen molar-refractivity contribution in [1.82, 2.24) is 10.2 Å². The van der Waals surface area contributed by atoms with Crippen molar-refractivity contribution in [2.45, 2.75) is 63.3 Å². The molecule has 134 valence electrons. The standard InChI is InChI=1S/C19H30N2O3/c1-24-19-7-6-14(12-18(19)23)13-20-15-8-10-21(11-9-15)16-4-2-3-5-17(16)22/h6-7,12,15-17,20,22-23H,2-5,8-11,13H2,1H3. The third-order valence-corrected chi connectivity index (χ3v) is 5.53. The first-order chi connectivity index (χ1) is 11.7. The Balaban J connectivity index is 1.44. The van der Waals surface area contributed by atoms with Gasteiger partial charge in [-0.2, -0.15) is 0 Å². The van der Waals surface area contributed by atoms with Gasteiger partial charge in [-0.05, 0) is 43.4 Å². The van der Waals surface area contributed by atoms with E-state index in [1.165, 1.54) is 12.8 Å². The van der Waals surface area contributed by atoms with Crippen LogP contribution in [0.25, 0.3) is 0 Å². The van der Waals surface area contributed by atoms with Crippen molar-refractivity contribution in [1.29, 1.82) is 0 Å². The molecule has 2 aliphatic rings. The van der Waals surface area contributed by atoms with Crippen LogP contribution < -0.4 is 10.1 Å². The normalized spacial score (nSPS) is 26.4. The van der Waals surface area contributed by atoms with Gasteiger partial charge in [-0.15, -0.1) is 0 Å². The Morgan fingerprint density at radius 2 is 1.92 bits per heavy atom. The molecule has 0 bridgehead atoms. The number of phenolic OH excluding ortho intramolecular Hbond substituents is 1. The molecule has 24 heavy (non-hydrogen) atoms. The maximum absolute atomic E-state index is 10.2. The van der Waals surface area contributed by atoms with E-state index in [-0.39, 0.29) is 11.9 Å². The van der Waals surface area contributed by atoms with Crippen LogP contribution in [-0.4, -0.2) is 53.5 Å². The monoisotopic (exact) mass is 334 g/mol. The fourth-order valence-corrected chi connectivity index (χ4v) is 4.06. The van der Waals surface area contributed by atoms with Crippen molar-refractivity contribution < 1.29 is 14.9 Å². The molecule has 1 saturated carbocycles. The number of hydrogen-bond acceptors (Lipinski definition) is 5. The number of methoxy groups -OCH3 is 1. The average Bonchev–Trinajstić information content (AvgIpc) is 2.61. The summed E-state index contributed by atoms with van der Waals surface area (Å²) in [7, 11) is 1.56. The van der Waals surface area contributed by atoms with E-state index in [4.69, 9.17) is 4.74 Å². The van der Waals surface area contributed by atoms with Crippen LogP contribution in [0.4, 0.5) is 0 Å². The second kappa shape index (κ2) is 8.19. The quantitative estimate of drug-likeness (QED) is 0.771. The maximum Gasteiger partial charge on any atom is 0.160 e. The second-order valence-electron chi connectivity index (χ2n) is 7.12. The van der Waals surface area contributed by atoms with Crippen molar-refractivity contribution in [2.24, 2.45) is 0 Å². The zero-order valence-electron chi connectivity index (χ0n) is 14.6. The molecule has 0 amide bonds. The number of hydrogen-bond donors (Lipinski definition) is 3. The number of nitrogens with zero attached hydrogens (tertiary/aromatic N) is 1. The molecule has 5 heteroatoms. The average molecular weight is 334 g/mol. The number of piperidine rings is 1. The number of rotatable bonds is 5. The van der Waals surface area contributed by atoms with Crippen molar-refractivity contribution in [2.75, 3.05) is 20.2 Å². The summed E-state index contributed by atoms with van der Waals surface area (Å²) in [6.45, 7) is 2.88. The van der Waals surface area contributed by atoms with Crippen molar-refractivity contribution in [3.8, 4) is 11.5 Å². The number of likely N-dealkylation sites (tertiary alicyclic amines) is 1. The van der Waals surface area contributed by atoms with Gasteiger partial charge in [0.05, 0.1) is 13.2 Å².